The number of hydrogen-bond acceptors (Lipinski definition) is 5. The normalized spacial score (nSPS) is 10.9. The minimum Gasteiger partial charge on any atom is -0.504 e. The Balaban J connectivity index is 1.94. The summed E-state index contributed by atoms with van der Waals surface area (Å²) in [4.78, 5) is 24.7. The lowest BCUT2D eigenvalue weighted by Gasteiger charge is -2.10. The first-order valence-electron chi connectivity index (χ1n) is 8.11. The van der Waals surface area contributed by atoms with Gasteiger partial charge >= 0.3 is 5.63 Å². The Morgan fingerprint density at radius 3 is 2.38 bits per heavy atom. The van der Waals surface area contributed by atoms with Crippen LogP contribution in [0.15, 0.2) is 39.5 Å². The van der Waals surface area contributed by atoms with E-state index in [0.717, 1.165) is 11.1 Å². The van der Waals surface area contributed by atoms with Crippen molar-refractivity contribution in [3.63, 3.8) is 0 Å². The molecule has 1 aromatic heterocycles. The summed E-state index contributed by atoms with van der Waals surface area (Å²) in [7, 11) is 0. The third-order valence-electron chi connectivity index (χ3n) is 4.25. The van der Waals surface area contributed by atoms with Crippen LogP contribution in [0.25, 0.3) is 11.0 Å². The number of amides is 1. The maximum absolute atomic E-state index is 12.4. The van der Waals surface area contributed by atoms with Crippen molar-refractivity contribution in [3.8, 4) is 11.5 Å². The third-order valence-corrected chi connectivity index (χ3v) is 4.25. The average Bonchev–Trinajstić information content (AvgIpc) is 2.54. The largest absolute Gasteiger partial charge is 0.504 e. The van der Waals surface area contributed by atoms with Crippen LogP contribution in [0.4, 0.5) is 5.69 Å². The number of anilines is 1. The molecule has 2 aromatic carbocycles. The molecule has 0 aliphatic carbocycles. The van der Waals surface area contributed by atoms with Crippen molar-refractivity contribution in [2.75, 3.05) is 5.32 Å². The van der Waals surface area contributed by atoms with E-state index >= 15 is 0 Å². The number of aromatic hydroxyl groups is 2. The molecule has 26 heavy (non-hydrogen) atoms. The minimum absolute atomic E-state index is 0.0917. The standard InChI is InChI=1S/C20H19NO5/c1-10-6-11(2)8-13(7-10)21-17(23)9-15-12(3)14-4-5-16(22)18(24)19(14)26-20(15)25/h4-8,22,24H,9H2,1-3H3,(H,21,23). The SMILES string of the molecule is Cc1cc(C)cc(NC(=O)Cc2c(C)c3ccc(O)c(O)c3oc2=O)c1. The summed E-state index contributed by atoms with van der Waals surface area (Å²) in [6, 6.07) is 8.54. The van der Waals surface area contributed by atoms with Crippen molar-refractivity contribution in [3.05, 3.63) is 63.0 Å². The predicted molar refractivity (Wildman–Crippen MR) is 98.8 cm³/mol. The zero-order valence-electron chi connectivity index (χ0n) is 14.7. The van der Waals surface area contributed by atoms with Crippen LogP contribution in [0, 0.1) is 20.8 Å². The lowest BCUT2D eigenvalue weighted by Crippen LogP contribution is -2.20. The Hall–Kier alpha value is -3.28. The van der Waals surface area contributed by atoms with Gasteiger partial charge in [-0.1, -0.05) is 6.07 Å². The highest BCUT2D eigenvalue weighted by Gasteiger charge is 2.18. The van der Waals surface area contributed by atoms with Gasteiger partial charge in [-0.25, -0.2) is 4.79 Å². The van der Waals surface area contributed by atoms with E-state index in [9.17, 15) is 19.8 Å². The van der Waals surface area contributed by atoms with Crippen molar-refractivity contribution >= 4 is 22.6 Å². The van der Waals surface area contributed by atoms with Crippen molar-refractivity contribution in [1.82, 2.24) is 0 Å². The lowest BCUT2D eigenvalue weighted by atomic mass is 10.0. The highest BCUT2D eigenvalue weighted by Crippen LogP contribution is 2.34. The fourth-order valence-electron chi connectivity index (χ4n) is 3.05. The van der Waals surface area contributed by atoms with E-state index in [4.69, 9.17) is 4.42 Å². The fourth-order valence-corrected chi connectivity index (χ4v) is 3.05. The van der Waals surface area contributed by atoms with E-state index in [1.54, 1.807) is 6.92 Å². The van der Waals surface area contributed by atoms with Crippen molar-refractivity contribution in [2.24, 2.45) is 0 Å². The molecule has 0 saturated carbocycles. The number of phenols is 2. The van der Waals surface area contributed by atoms with Crippen molar-refractivity contribution in [2.45, 2.75) is 27.2 Å². The van der Waals surface area contributed by atoms with Crippen LogP contribution in [0.5, 0.6) is 11.5 Å². The molecule has 0 radical (unpaired) electrons. The topological polar surface area (TPSA) is 99.8 Å². The molecule has 134 valence electrons. The summed E-state index contributed by atoms with van der Waals surface area (Å²) in [6.07, 6.45) is -0.154. The number of phenolic OH excluding ortho intramolecular Hbond substituents is 2. The first-order chi connectivity index (χ1) is 12.3. The van der Waals surface area contributed by atoms with Gasteiger partial charge in [-0.15, -0.1) is 0 Å². The van der Waals surface area contributed by atoms with Gasteiger partial charge in [0.1, 0.15) is 0 Å². The van der Waals surface area contributed by atoms with Gasteiger partial charge in [0.2, 0.25) is 11.7 Å². The zero-order chi connectivity index (χ0) is 19.0. The minimum atomic E-state index is -0.716. The predicted octanol–water partition coefficient (Wildman–Crippen LogP) is 3.31. The summed E-state index contributed by atoms with van der Waals surface area (Å²) in [5.74, 6) is -1.21. The molecule has 3 rings (SSSR count). The van der Waals surface area contributed by atoms with Gasteiger partial charge in [-0.2, -0.15) is 0 Å². The molecule has 0 unspecified atom stereocenters. The zero-order valence-corrected chi connectivity index (χ0v) is 14.7. The highest BCUT2D eigenvalue weighted by molar-refractivity contribution is 5.94. The van der Waals surface area contributed by atoms with Crippen LogP contribution in [-0.2, 0) is 11.2 Å². The molecule has 1 heterocycles. The Bertz CT molecular complexity index is 1060. The van der Waals surface area contributed by atoms with Gasteiger partial charge in [0.05, 0.1) is 12.0 Å². The molecule has 6 nitrogen and oxygen atoms in total. The van der Waals surface area contributed by atoms with E-state index in [0.29, 0.717) is 16.6 Å². The number of fused-ring (bicyclic) bond motifs is 1. The molecule has 6 heteroatoms. The van der Waals surface area contributed by atoms with Gasteiger partial charge < -0.3 is 19.9 Å². The van der Waals surface area contributed by atoms with Crippen LogP contribution in [0.3, 0.4) is 0 Å². The molecule has 1 amide bonds. The van der Waals surface area contributed by atoms with Crippen LogP contribution in [-0.4, -0.2) is 16.1 Å². The molecule has 3 N–H and O–H groups in total. The second-order valence-electron chi connectivity index (χ2n) is 6.40. The molecule has 0 aliphatic rings. The number of aryl methyl sites for hydroxylation is 3. The Morgan fingerprint density at radius 2 is 1.73 bits per heavy atom. The van der Waals surface area contributed by atoms with E-state index in [2.05, 4.69) is 5.32 Å². The van der Waals surface area contributed by atoms with Gasteiger partial charge in [-0.3, -0.25) is 4.79 Å². The van der Waals surface area contributed by atoms with Crippen LogP contribution >= 0.6 is 0 Å². The van der Waals surface area contributed by atoms with Gasteiger partial charge in [0.25, 0.3) is 0 Å². The van der Waals surface area contributed by atoms with Gasteiger partial charge in [0.15, 0.2) is 11.3 Å². The van der Waals surface area contributed by atoms with Crippen molar-refractivity contribution in [1.29, 1.82) is 0 Å². The second kappa shape index (κ2) is 6.55. The molecule has 0 atom stereocenters. The molecule has 0 bridgehead atoms. The molecular formula is C20H19NO5. The van der Waals surface area contributed by atoms with Crippen LogP contribution < -0.4 is 10.9 Å². The van der Waals surface area contributed by atoms with E-state index in [1.165, 1.54) is 12.1 Å². The molecule has 0 spiro atoms. The highest BCUT2D eigenvalue weighted by atomic mass is 16.4. The molecular weight excluding hydrogens is 334 g/mol. The van der Waals surface area contributed by atoms with E-state index in [-0.39, 0.29) is 29.2 Å². The lowest BCUT2D eigenvalue weighted by molar-refractivity contribution is -0.115. The average molecular weight is 353 g/mol. The maximum Gasteiger partial charge on any atom is 0.340 e. The summed E-state index contributed by atoms with van der Waals surface area (Å²) in [5, 5.41) is 22.7. The quantitative estimate of drug-likeness (QED) is 0.495. The van der Waals surface area contributed by atoms with Gasteiger partial charge in [0, 0.05) is 11.1 Å². The first kappa shape index (κ1) is 17.5. The monoisotopic (exact) mass is 353 g/mol. The fraction of sp³-hybridized carbons (Fsp3) is 0.200. The summed E-state index contributed by atoms with van der Waals surface area (Å²) in [6.45, 7) is 5.55. The van der Waals surface area contributed by atoms with E-state index < -0.39 is 11.4 Å². The second-order valence-corrected chi connectivity index (χ2v) is 6.40. The van der Waals surface area contributed by atoms with Crippen LogP contribution in [0.2, 0.25) is 0 Å². The molecule has 0 fully saturated rings. The number of benzene rings is 2. The van der Waals surface area contributed by atoms with Gasteiger partial charge in [-0.05, 0) is 61.7 Å². The number of hydrogen-bond donors (Lipinski definition) is 3. The Morgan fingerprint density at radius 1 is 1.08 bits per heavy atom. The van der Waals surface area contributed by atoms with E-state index in [1.807, 2.05) is 32.0 Å². The molecule has 0 aliphatic heterocycles. The van der Waals surface area contributed by atoms with Crippen LogP contribution in [0.1, 0.15) is 22.3 Å². The van der Waals surface area contributed by atoms with Crippen molar-refractivity contribution < 1.29 is 19.4 Å². The summed E-state index contributed by atoms with van der Waals surface area (Å²) >= 11 is 0. The first-order valence-corrected chi connectivity index (χ1v) is 8.11. The Labute approximate surface area is 149 Å². The number of rotatable bonds is 3. The Kier molecular flexibility index (Phi) is 4.42. The number of nitrogens with one attached hydrogen (secondary N) is 1. The third kappa shape index (κ3) is 3.26. The number of carbonyl (C=O) groups is 1. The maximum atomic E-state index is 12.4. The summed E-state index contributed by atoms with van der Waals surface area (Å²) < 4.78 is 5.13. The smallest absolute Gasteiger partial charge is 0.340 e. The molecule has 3 aromatic rings. The number of carbonyl (C=O) groups excluding carboxylic acids is 1. The summed E-state index contributed by atoms with van der Waals surface area (Å²) in [5.41, 5.74) is 2.65. The molecule has 0 saturated heterocycles.